The van der Waals surface area contributed by atoms with E-state index in [4.69, 9.17) is 4.98 Å². The van der Waals surface area contributed by atoms with E-state index in [0.29, 0.717) is 24.4 Å². The molecular weight excluding hydrogens is 382 g/mol. The first-order chi connectivity index (χ1) is 15.0. The Kier molecular flexibility index (Phi) is 6.17. The summed E-state index contributed by atoms with van der Waals surface area (Å²) in [4.78, 5) is 17.3. The van der Waals surface area contributed by atoms with Crippen molar-refractivity contribution >= 4 is 16.9 Å². The van der Waals surface area contributed by atoms with Crippen LogP contribution in [0.5, 0.6) is 0 Å². The smallest absolute Gasteiger partial charge is 0.251 e. The van der Waals surface area contributed by atoms with E-state index in [-0.39, 0.29) is 5.91 Å². The van der Waals surface area contributed by atoms with Crippen LogP contribution in [0.3, 0.4) is 0 Å². The molecule has 0 saturated carbocycles. The molecule has 0 fully saturated rings. The highest BCUT2D eigenvalue weighted by Crippen LogP contribution is 2.20. The highest BCUT2D eigenvalue weighted by molar-refractivity contribution is 5.94. The van der Waals surface area contributed by atoms with Crippen molar-refractivity contribution in [3.05, 3.63) is 101 Å². The van der Waals surface area contributed by atoms with Gasteiger partial charge in [-0.05, 0) is 48.2 Å². The second kappa shape index (κ2) is 9.17. The monoisotopic (exact) mass is 411 g/mol. The number of carbonyl (C=O) groups excluding carboxylic acids is 1. The third-order valence-electron chi connectivity index (χ3n) is 5.67. The van der Waals surface area contributed by atoms with Crippen molar-refractivity contribution in [3.63, 3.8) is 0 Å². The normalized spacial score (nSPS) is 11.2. The minimum atomic E-state index is -0.0491. The van der Waals surface area contributed by atoms with Gasteiger partial charge in [0.05, 0.1) is 11.0 Å². The molecule has 0 aliphatic carbocycles. The Morgan fingerprint density at radius 2 is 1.68 bits per heavy atom. The Balaban J connectivity index is 1.50. The lowest BCUT2D eigenvalue weighted by Crippen LogP contribution is -2.26. The van der Waals surface area contributed by atoms with Gasteiger partial charge in [0.2, 0.25) is 0 Å². The van der Waals surface area contributed by atoms with Gasteiger partial charge in [-0.3, -0.25) is 4.79 Å². The molecule has 0 saturated heterocycles. The van der Waals surface area contributed by atoms with E-state index in [1.165, 1.54) is 11.1 Å². The summed E-state index contributed by atoms with van der Waals surface area (Å²) in [7, 11) is 0. The molecule has 4 rings (SSSR count). The Morgan fingerprint density at radius 3 is 2.39 bits per heavy atom. The topological polar surface area (TPSA) is 46.9 Å². The lowest BCUT2D eigenvalue weighted by Gasteiger charge is -2.12. The van der Waals surface area contributed by atoms with Crippen LogP contribution in [0.25, 0.3) is 11.0 Å². The Labute approximate surface area is 183 Å². The molecular formula is C27H29N3O. The fraction of sp³-hybridized carbons (Fsp3) is 0.259. The molecule has 1 N–H and O–H groups in total. The van der Waals surface area contributed by atoms with Gasteiger partial charge in [-0.25, -0.2) is 4.98 Å². The summed E-state index contributed by atoms with van der Waals surface area (Å²) >= 11 is 0. The second-order valence-electron chi connectivity index (χ2n) is 8.37. The van der Waals surface area contributed by atoms with Crippen LogP contribution >= 0.6 is 0 Å². The van der Waals surface area contributed by atoms with Gasteiger partial charge in [0.25, 0.3) is 5.91 Å². The largest absolute Gasteiger partial charge is 0.352 e. The molecule has 0 radical (unpaired) electrons. The number of fused-ring (bicyclic) bond motifs is 1. The van der Waals surface area contributed by atoms with E-state index in [1.807, 2.05) is 49.4 Å². The number of benzene rings is 3. The standard InChI is InChI=1S/C27H29N3O/c1-19(2)22-14-10-21(11-15-22)18-30-25-7-5-4-6-24(25)29-26(30)16-17-28-27(31)23-12-8-20(3)9-13-23/h4-15,19H,16-18H2,1-3H3,(H,28,31). The number of nitrogens with zero attached hydrogens (tertiary/aromatic N) is 2. The first-order valence-corrected chi connectivity index (χ1v) is 10.9. The molecule has 1 heterocycles. The minimum absolute atomic E-state index is 0.0491. The van der Waals surface area contributed by atoms with Gasteiger partial charge in [0, 0.05) is 25.1 Å². The minimum Gasteiger partial charge on any atom is -0.352 e. The molecule has 4 aromatic rings. The molecule has 0 bridgehead atoms. The molecule has 3 aromatic carbocycles. The van der Waals surface area contributed by atoms with E-state index in [2.05, 4.69) is 54.1 Å². The zero-order valence-corrected chi connectivity index (χ0v) is 18.4. The number of imidazole rings is 1. The quantitative estimate of drug-likeness (QED) is 0.437. The summed E-state index contributed by atoms with van der Waals surface area (Å²) in [6.07, 6.45) is 0.677. The number of carbonyl (C=O) groups is 1. The van der Waals surface area contributed by atoms with Crippen LogP contribution in [0.4, 0.5) is 0 Å². The first kappa shape index (κ1) is 20.9. The van der Waals surface area contributed by atoms with Gasteiger partial charge in [-0.15, -0.1) is 0 Å². The van der Waals surface area contributed by atoms with Gasteiger partial charge in [0.1, 0.15) is 5.82 Å². The van der Waals surface area contributed by atoms with Gasteiger partial charge < -0.3 is 9.88 Å². The molecule has 0 aliphatic heterocycles. The van der Waals surface area contributed by atoms with Gasteiger partial charge in [0.15, 0.2) is 0 Å². The molecule has 0 unspecified atom stereocenters. The maximum Gasteiger partial charge on any atom is 0.251 e. The van der Waals surface area contributed by atoms with E-state index < -0.39 is 0 Å². The Hall–Kier alpha value is -3.40. The van der Waals surface area contributed by atoms with Crippen molar-refractivity contribution < 1.29 is 4.79 Å². The predicted molar refractivity (Wildman–Crippen MR) is 127 cm³/mol. The summed E-state index contributed by atoms with van der Waals surface area (Å²) < 4.78 is 2.26. The lowest BCUT2D eigenvalue weighted by molar-refractivity contribution is 0.0954. The second-order valence-corrected chi connectivity index (χ2v) is 8.37. The molecule has 0 atom stereocenters. The number of aromatic nitrogens is 2. The Bertz CT molecular complexity index is 1170. The number of amides is 1. The van der Waals surface area contributed by atoms with Gasteiger partial charge in [-0.2, -0.15) is 0 Å². The van der Waals surface area contributed by atoms with Crippen molar-refractivity contribution in [1.29, 1.82) is 0 Å². The van der Waals surface area contributed by atoms with Crippen molar-refractivity contribution in [3.8, 4) is 0 Å². The van der Waals surface area contributed by atoms with Crippen LogP contribution in [-0.4, -0.2) is 22.0 Å². The molecule has 0 aliphatic rings. The van der Waals surface area contributed by atoms with E-state index in [1.54, 1.807) is 0 Å². The van der Waals surface area contributed by atoms with Crippen molar-refractivity contribution in [2.75, 3.05) is 6.54 Å². The van der Waals surface area contributed by atoms with E-state index >= 15 is 0 Å². The van der Waals surface area contributed by atoms with Gasteiger partial charge in [-0.1, -0.05) is 67.9 Å². The molecule has 158 valence electrons. The predicted octanol–water partition coefficient (Wildman–Crippen LogP) is 5.49. The fourth-order valence-electron chi connectivity index (χ4n) is 3.78. The lowest BCUT2D eigenvalue weighted by atomic mass is 10.0. The summed E-state index contributed by atoms with van der Waals surface area (Å²) in [5.41, 5.74) is 6.53. The summed E-state index contributed by atoms with van der Waals surface area (Å²) in [6, 6.07) is 24.7. The van der Waals surface area contributed by atoms with Crippen LogP contribution in [-0.2, 0) is 13.0 Å². The number of aryl methyl sites for hydroxylation is 1. The van der Waals surface area contributed by atoms with Crippen molar-refractivity contribution in [1.82, 2.24) is 14.9 Å². The fourth-order valence-corrected chi connectivity index (χ4v) is 3.78. The van der Waals surface area contributed by atoms with E-state index in [0.717, 1.165) is 29.0 Å². The van der Waals surface area contributed by atoms with Gasteiger partial charge >= 0.3 is 0 Å². The summed E-state index contributed by atoms with van der Waals surface area (Å²) in [6.45, 7) is 7.74. The highest BCUT2D eigenvalue weighted by Gasteiger charge is 2.12. The molecule has 0 spiro atoms. The zero-order chi connectivity index (χ0) is 21.8. The molecule has 31 heavy (non-hydrogen) atoms. The number of nitrogens with one attached hydrogen (secondary N) is 1. The third kappa shape index (κ3) is 4.85. The molecule has 4 heteroatoms. The van der Waals surface area contributed by atoms with Crippen LogP contribution in [0, 0.1) is 6.92 Å². The molecule has 1 amide bonds. The molecule has 1 aromatic heterocycles. The SMILES string of the molecule is Cc1ccc(C(=O)NCCc2nc3ccccc3n2Cc2ccc(C(C)C)cc2)cc1. The number of para-hydroxylation sites is 2. The average molecular weight is 412 g/mol. The maximum atomic E-state index is 12.4. The van der Waals surface area contributed by atoms with Crippen LogP contribution < -0.4 is 5.32 Å². The van der Waals surface area contributed by atoms with Crippen molar-refractivity contribution in [2.24, 2.45) is 0 Å². The van der Waals surface area contributed by atoms with Crippen LogP contribution in [0.2, 0.25) is 0 Å². The van der Waals surface area contributed by atoms with E-state index in [9.17, 15) is 4.79 Å². The first-order valence-electron chi connectivity index (χ1n) is 10.9. The number of hydrogen-bond donors (Lipinski definition) is 1. The average Bonchev–Trinajstić information content (AvgIpc) is 3.12. The molecule has 4 nitrogen and oxygen atoms in total. The Morgan fingerprint density at radius 1 is 0.968 bits per heavy atom. The van der Waals surface area contributed by atoms with Crippen molar-refractivity contribution in [2.45, 2.75) is 39.7 Å². The maximum absolute atomic E-state index is 12.4. The van der Waals surface area contributed by atoms with Crippen LogP contribution in [0.1, 0.15) is 52.6 Å². The highest BCUT2D eigenvalue weighted by atomic mass is 16.1. The van der Waals surface area contributed by atoms with Crippen LogP contribution in [0.15, 0.2) is 72.8 Å². The third-order valence-corrected chi connectivity index (χ3v) is 5.67. The zero-order valence-electron chi connectivity index (χ0n) is 18.4. The summed E-state index contributed by atoms with van der Waals surface area (Å²) in [5, 5.41) is 3.03. The number of rotatable bonds is 7. The number of hydrogen-bond acceptors (Lipinski definition) is 2. The summed E-state index contributed by atoms with van der Waals surface area (Å²) in [5.74, 6) is 1.46.